The first-order valence-corrected chi connectivity index (χ1v) is 5.92. The van der Waals surface area contributed by atoms with E-state index >= 15 is 0 Å². The molecule has 15 heavy (non-hydrogen) atoms. The van der Waals surface area contributed by atoms with Crippen molar-refractivity contribution >= 4 is 0 Å². The molecule has 1 N–H and O–H groups in total. The fourth-order valence-electron chi connectivity index (χ4n) is 2.30. The van der Waals surface area contributed by atoms with E-state index < -0.39 is 0 Å². The Morgan fingerprint density at radius 1 is 1.60 bits per heavy atom. The van der Waals surface area contributed by atoms with E-state index in [0.29, 0.717) is 6.04 Å². The molecule has 3 heteroatoms. The van der Waals surface area contributed by atoms with Gasteiger partial charge in [-0.3, -0.25) is 4.68 Å². The lowest BCUT2D eigenvalue weighted by atomic mass is 9.80. The largest absolute Gasteiger partial charge is 0.317 e. The van der Waals surface area contributed by atoms with Gasteiger partial charge >= 0.3 is 0 Å². The van der Waals surface area contributed by atoms with E-state index in [1.807, 2.05) is 17.9 Å². The number of hydrogen-bond acceptors (Lipinski definition) is 2. The molecule has 3 nitrogen and oxygen atoms in total. The van der Waals surface area contributed by atoms with Crippen LogP contribution in [-0.4, -0.2) is 22.9 Å². The van der Waals surface area contributed by atoms with Crippen LogP contribution in [0.2, 0.25) is 0 Å². The van der Waals surface area contributed by atoms with Gasteiger partial charge in [0.2, 0.25) is 0 Å². The minimum Gasteiger partial charge on any atom is -0.317 e. The Hall–Kier alpha value is -0.830. The second kappa shape index (κ2) is 4.79. The summed E-state index contributed by atoms with van der Waals surface area (Å²) in [7, 11) is 4.05. The van der Waals surface area contributed by atoms with E-state index in [0.717, 1.165) is 12.3 Å². The first kappa shape index (κ1) is 10.7. The lowest BCUT2D eigenvalue weighted by Crippen LogP contribution is -2.31. The van der Waals surface area contributed by atoms with Crippen molar-refractivity contribution in [2.24, 2.45) is 13.0 Å². The van der Waals surface area contributed by atoms with Crippen LogP contribution < -0.4 is 5.32 Å². The second-order valence-corrected chi connectivity index (χ2v) is 4.74. The molecule has 1 heterocycles. The highest BCUT2D eigenvalue weighted by Crippen LogP contribution is 2.30. The zero-order valence-electron chi connectivity index (χ0n) is 9.74. The molecule has 1 aliphatic rings. The van der Waals surface area contributed by atoms with E-state index in [-0.39, 0.29) is 0 Å². The highest BCUT2D eigenvalue weighted by molar-refractivity contribution is 5.06. The lowest BCUT2D eigenvalue weighted by molar-refractivity contribution is 0.263. The van der Waals surface area contributed by atoms with E-state index in [1.165, 1.54) is 31.2 Å². The number of aryl methyl sites for hydroxylation is 1. The Balaban J connectivity index is 1.84. The first-order chi connectivity index (χ1) is 7.28. The molecule has 1 atom stereocenters. The van der Waals surface area contributed by atoms with Gasteiger partial charge in [0.05, 0.1) is 6.20 Å². The number of aromatic nitrogens is 2. The standard InChI is InChI=1S/C12H21N3/c1-13-12(6-10-4-3-5-10)7-11-8-14-15(2)9-11/h8-10,12-13H,3-7H2,1-2H3. The molecule has 1 aromatic rings. The van der Waals surface area contributed by atoms with Crippen molar-refractivity contribution in [2.75, 3.05) is 7.05 Å². The van der Waals surface area contributed by atoms with Crippen molar-refractivity contribution in [3.05, 3.63) is 18.0 Å². The van der Waals surface area contributed by atoms with Gasteiger partial charge in [-0.05, 0) is 31.4 Å². The quantitative estimate of drug-likeness (QED) is 0.797. The van der Waals surface area contributed by atoms with Crippen molar-refractivity contribution in [2.45, 2.75) is 38.1 Å². The third kappa shape index (κ3) is 2.81. The normalized spacial score (nSPS) is 18.8. The summed E-state index contributed by atoms with van der Waals surface area (Å²) < 4.78 is 1.88. The lowest BCUT2D eigenvalue weighted by Gasteiger charge is -2.29. The minimum absolute atomic E-state index is 0.625. The molecule has 84 valence electrons. The molecule has 1 aliphatic carbocycles. The number of hydrogen-bond donors (Lipinski definition) is 1. The van der Waals surface area contributed by atoms with Gasteiger partial charge in [0.25, 0.3) is 0 Å². The summed E-state index contributed by atoms with van der Waals surface area (Å²) in [6, 6.07) is 0.625. The van der Waals surface area contributed by atoms with Gasteiger partial charge in [0.15, 0.2) is 0 Å². The summed E-state index contributed by atoms with van der Waals surface area (Å²) >= 11 is 0. The van der Waals surface area contributed by atoms with Gasteiger partial charge in [0, 0.05) is 19.3 Å². The average Bonchev–Trinajstić information content (AvgIpc) is 2.55. The molecule has 1 aromatic heterocycles. The maximum absolute atomic E-state index is 4.21. The van der Waals surface area contributed by atoms with Gasteiger partial charge in [-0.15, -0.1) is 0 Å². The summed E-state index contributed by atoms with van der Waals surface area (Å²) in [6.07, 6.45) is 10.8. The topological polar surface area (TPSA) is 29.9 Å². The molecular weight excluding hydrogens is 186 g/mol. The molecule has 0 saturated heterocycles. The molecular formula is C12H21N3. The smallest absolute Gasteiger partial charge is 0.0522 e. The molecule has 2 rings (SSSR count). The van der Waals surface area contributed by atoms with Crippen molar-refractivity contribution in [3.63, 3.8) is 0 Å². The Kier molecular flexibility index (Phi) is 3.41. The van der Waals surface area contributed by atoms with E-state index in [1.54, 1.807) is 0 Å². The van der Waals surface area contributed by atoms with E-state index in [9.17, 15) is 0 Å². The van der Waals surface area contributed by atoms with Crippen LogP contribution >= 0.6 is 0 Å². The van der Waals surface area contributed by atoms with Gasteiger partial charge in [-0.25, -0.2) is 0 Å². The van der Waals surface area contributed by atoms with Crippen LogP contribution in [0.15, 0.2) is 12.4 Å². The summed E-state index contributed by atoms with van der Waals surface area (Å²) in [6.45, 7) is 0. The summed E-state index contributed by atoms with van der Waals surface area (Å²) in [4.78, 5) is 0. The molecule has 1 fully saturated rings. The Morgan fingerprint density at radius 3 is 2.87 bits per heavy atom. The fraction of sp³-hybridized carbons (Fsp3) is 0.750. The predicted octanol–water partition coefficient (Wildman–Crippen LogP) is 1.74. The van der Waals surface area contributed by atoms with Crippen LogP contribution in [0.4, 0.5) is 0 Å². The number of rotatable bonds is 5. The first-order valence-electron chi connectivity index (χ1n) is 5.92. The zero-order chi connectivity index (χ0) is 10.7. The van der Waals surface area contributed by atoms with Crippen LogP contribution in [-0.2, 0) is 13.5 Å². The molecule has 0 aromatic carbocycles. The fourth-order valence-corrected chi connectivity index (χ4v) is 2.30. The maximum Gasteiger partial charge on any atom is 0.0522 e. The molecule has 0 amide bonds. The monoisotopic (exact) mass is 207 g/mol. The Labute approximate surface area is 91.9 Å². The van der Waals surface area contributed by atoms with Crippen LogP contribution in [0.5, 0.6) is 0 Å². The van der Waals surface area contributed by atoms with Crippen LogP contribution in [0, 0.1) is 5.92 Å². The van der Waals surface area contributed by atoms with E-state index in [4.69, 9.17) is 0 Å². The predicted molar refractivity (Wildman–Crippen MR) is 61.7 cm³/mol. The molecule has 1 saturated carbocycles. The number of nitrogens with one attached hydrogen (secondary N) is 1. The highest BCUT2D eigenvalue weighted by atomic mass is 15.2. The zero-order valence-corrected chi connectivity index (χ0v) is 9.74. The average molecular weight is 207 g/mol. The van der Waals surface area contributed by atoms with Crippen LogP contribution in [0.3, 0.4) is 0 Å². The minimum atomic E-state index is 0.625. The maximum atomic E-state index is 4.21. The van der Waals surface area contributed by atoms with Gasteiger partial charge in [0.1, 0.15) is 0 Å². The molecule has 0 bridgehead atoms. The SMILES string of the molecule is CNC(Cc1cnn(C)c1)CC1CCC1. The highest BCUT2D eigenvalue weighted by Gasteiger charge is 2.21. The van der Waals surface area contributed by atoms with Crippen molar-refractivity contribution in [1.82, 2.24) is 15.1 Å². The van der Waals surface area contributed by atoms with Crippen LogP contribution in [0.25, 0.3) is 0 Å². The Bertz CT molecular complexity index is 302. The third-order valence-corrected chi connectivity index (χ3v) is 3.49. The molecule has 0 aliphatic heterocycles. The Morgan fingerprint density at radius 2 is 2.40 bits per heavy atom. The summed E-state index contributed by atoms with van der Waals surface area (Å²) in [5.41, 5.74) is 1.34. The number of likely N-dealkylation sites (N-methyl/N-ethyl adjacent to an activating group) is 1. The molecule has 0 radical (unpaired) electrons. The van der Waals surface area contributed by atoms with Gasteiger partial charge < -0.3 is 5.32 Å². The van der Waals surface area contributed by atoms with Crippen molar-refractivity contribution in [3.8, 4) is 0 Å². The third-order valence-electron chi connectivity index (χ3n) is 3.49. The molecule has 0 spiro atoms. The second-order valence-electron chi connectivity index (χ2n) is 4.74. The van der Waals surface area contributed by atoms with E-state index in [2.05, 4.69) is 23.7 Å². The van der Waals surface area contributed by atoms with Gasteiger partial charge in [-0.1, -0.05) is 19.3 Å². The van der Waals surface area contributed by atoms with Crippen molar-refractivity contribution < 1.29 is 0 Å². The summed E-state index contributed by atoms with van der Waals surface area (Å²) in [5.74, 6) is 0.971. The van der Waals surface area contributed by atoms with Crippen molar-refractivity contribution in [1.29, 1.82) is 0 Å². The number of nitrogens with zero attached hydrogens (tertiary/aromatic N) is 2. The van der Waals surface area contributed by atoms with Crippen LogP contribution in [0.1, 0.15) is 31.2 Å². The molecule has 1 unspecified atom stereocenters. The van der Waals surface area contributed by atoms with Gasteiger partial charge in [-0.2, -0.15) is 5.10 Å². The summed E-state index contributed by atoms with van der Waals surface area (Å²) in [5, 5.41) is 7.63.